The number of carbonyl (C=O) groups excluding carboxylic acids is 3. The molecule has 1 fully saturated rings. The standard InChI is InChI=1S/C20H17ClN4O5S/c1-11-2-4-12(5-3-11)22-18(27)10-19-24-20(28)16(31-19)9-17(26)23-15-8-13(25(29)30)6-7-14(15)21/h2-8,10,16H,9H2,1H3,(H,22,27)(H,23,26)(H,24,28). The Labute approximate surface area is 186 Å². The summed E-state index contributed by atoms with van der Waals surface area (Å²) < 4.78 is 0. The van der Waals surface area contributed by atoms with E-state index in [1.807, 2.05) is 19.1 Å². The van der Waals surface area contributed by atoms with Crippen molar-refractivity contribution < 1.29 is 19.3 Å². The van der Waals surface area contributed by atoms with Gasteiger partial charge in [0.15, 0.2) is 0 Å². The molecule has 1 saturated heterocycles. The molecule has 0 aromatic heterocycles. The maximum Gasteiger partial charge on any atom is 0.271 e. The number of nitrogens with zero attached hydrogens (tertiary/aromatic N) is 1. The molecule has 0 aliphatic carbocycles. The molecule has 0 bridgehead atoms. The van der Waals surface area contributed by atoms with Gasteiger partial charge < -0.3 is 16.0 Å². The van der Waals surface area contributed by atoms with Crippen LogP contribution in [0.25, 0.3) is 0 Å². The van der Waals surface area contributed by atoms with Crippen molar-refractivity contribution in [2.24, 2.45) is 0 Å². The van der Waals surface area contributed by atoms with Crippen LogP contribution < -0.4 is 16.0 Å². The quantitative estimate of drug-likeness (QED) is 0.343. The summed E-state index contributed by atoms with van der Waals surface area (Å²) in [5.41, 5.74) is 1.53. The van der Waals surface area contributed by atoms with Crippen LogP contribution in [0.3, 0.4) is 0 Å². The van der Waals surface area contributed by atoms with E-state index in [2.05, 4.69) is 16.0 Å². The van der Waals surface area contributed by atoms with Crippen molar-refractivity contribution in [2.75, 3.05) is 10.6 Å². The summed E-state index contributed by atoms with van der Waals surface area (Å²) in [7, 11) is 0. The molecule has 1 aliphatic rings. The van der Waals surface area contributed by atoms with Gasteiger partial charge in [-0.2, -0.15) is 0 Å². The largest absolute Gasteiger partial charge is 0.325 e. The molecule has 9 nitrogen and oxygen atoms in total. The Kier molecular flexibility index (Phi) is 6.93. The predicted molar refractivity (Wildman–Crippen MR) is 119 cm³/mol. The number of hydrogen-bond acceptors (Lipinski definition) is 6. The van der Waals surface area contributed by atoms with Crippen LogP contribution in [0.2, 0.25) is 5.02 Å². The summed E-state index contributed by atoms with van der Waals surface area (Å²) >= 11 is 7.02. The van der Waals surface area contributed by atoms with E-state index in [1.165, 1.54) is 18.2 Å². The zero-order valence-corrected chi connectivity index (χ0v) is 17.8. The number of anilines is 2. The molecular formula is C20H17ClN4O5S. The number of nitrogens with one attached hydrogen (secondary N) is 3. The van der Waals surface area contributed by atoms with Crippen molar-refractivity contribution in [3.63, 3.8) is 0 Å². The normalized spacial score (nSPS) is 16.6. The van der Waals surface area contributed by atoms with Crippen LogP contribution >= 0.6 is 23.4 Å². The van der Waals surface area contributed by atoms with Crippen LogP contribution in [0.4, 0.5) is 17.1 Å². The molecule has 0 spiro atoms. The number of halogens is 1. The van der Waals surface area contributed by atoms with E-state index < -0.39 is 27.9 Å². The van der Waals surface area contributed by atoms with Crippen LogP contribution in [0.15, 0.2) is 53.6 Å². The van der Waals surface area contributed by atoms with Crippen molar-refractivity contribution in [3.05, 3.63) is 74.3 Å². The van der Waals surface area contributed by atoms with E-state index in [0.29, 0.717) is 10.7 Å². The molecule has 160 valence electrons. The number of nitro groups is 1. The molecule has 3 N–H and O–H groups in total. The van der Waals surface area contributed by atoms with E-state index in [-0.39, 0.29) is 22.8 Å². The number of thioether (sulfide) groups is 1. The van der Waals surface area contributed by atoms with Crippen LogP contribution in [-0.4, -0.2) is 27.9 Å². The summed E-state index contributed by atoms with van der Waals surface area (Å²) in [5.74, 6) is -1.37. The summed E-state index contributed by atoms with van der Waals surface area (Å²) in [6.07, 6.45) is 1.05. The highest BCUT2D eigenvalue weighted by molar-refractivity contribution is 8.04. The van der Waals surface area contributed by atoms with E-state index in [4.69, 9.17) is 11.6 Å². The third-order valence-electron chi connectivity index (χ3n) is 4.19. The summed E-state index contributed by atoms with van der Waals surface area (Å²) in [4.78, 5) is 46.9. The molecule has 31 heavy (non-hydrogen) atoms. The number of non-ortho nitro benzene ring substituents is 1. The Morgan fingerprint density at radius 1 is 1.23 bits per heavy atom. The Morgan fingerprint density at radius 2 is 1.94 bits per heavy atom. The number of aryl methyl sites for hydroxylation is 1. The molecule has 1 atom stereocenters. The first-order chi connectivity index (χ1) is 14.7. The van der Waals surface area contributed by atoms with Gasteiger partial charge in [-0.05, 0) is 25.1 Å². The minimum Gasteiger partial charge on any atom is -0.325 e. The first-order valence-corrected chi connectivity index (χ1v) is 10.3. The van der Waals surface area contributed by atoms with Crippen molar-refractivity contribution in [3.8, 4) is 0 Å². The van der Waals surface area contributed by atoms with Gasteiger partial charge in [-0.15, -0.1) is 0 Å². The molecular weight excluding hydrogens is 444 g/mol. The third-order valence-corrected chi connectivity index (χ3v) is 5.66. The summed E-state index contributed by atoms with van der Waals surface area (Å²) in [6.45, 7) is 1.93. The first kappa shape index (κ1) is 22.3. The molecule has 1 unspecified atom stereocenters. The fourth-order valence-corrected chi connectivity index (χ4v) is 3.88. The molecule has 2 aromatic rings. The maximum absolute atomic E-state index is 12.3. The van der Waals surface area contributed by atoms with Gasteiger partial charge in [-0.1, -0.05) is 41.1 Å². The van der Waals surface area contributed by atoms with Gasteiger partial charge in [-0.3, -0.25) is 24.5 Å². The van der Waals surface area contributed by atoms with Gasteiger partial charge in [0, 0.05) is 30.3 Å². The van der Waals surface area contributed by atoms with Crippen LogP contribution in [0.5, 0.6) is 0 Å². The van der Waals surface area contributed by atoms with Gasteiger partial charge in [0.05, 0.1) is 25.9 Å². The molecule has 3 rings (SSSR count). The minimum atomic E-state index is -0.754. The van der Waals surface area contributed by atoms with Gasteiger partial charge >= 0.3 is 0 Å². The second kappa shape index (κ2) is 9.63. The zero-order chi connectivity index (χ0) is 22.5. The average Bonchev–Trinajstić information content (AvgIpc) is 3.03. The first-order valence-electron chi connectivity index (χ1n) is 9.02. The lowest BCUT2D eigenvalue weighted by molar-refractivity contribution is -0.384. The number of hydrogen-bond donors (Lipinski definition) is 3. The average molecular weight is 461 g/mol. The monoisotopic (exact) mass is 460 g/mol. The van der Waals surface area contributed by atoms with Crippen molar-refractivity contribution in [1.82, 2.24) is 5.32 Å². The molecule has 1 heterocycles. The lowest BCUT2D eigenvalue weighted by Gasteiger charge is -2.09. The van der Waals surface area contributed by atoms with Crippen LogP contribution in [0.1, 0.15) is 12.0 Å². The SMILES string of the molecule is Cc1ccc(NC(=O)C=C2NC(=O)C(CC(=O)Nc3cc([N+](=O)[O-])ccc3Cl)S2)cc1. The number of benzene rings is 2. The lowest BCUT2D eigenvalue weighted by atomic mass is 10.2. The Morgan fingerprint density at radius 3 is 2.61 bits per heavy atom. The highest BCUT2D eigenvalue weighted by Gasteiger charge is 2.31. The zero-order valence-electron chi connectivity index (χ0n) is 16.2. The van der Waals surface area contributed by atoms with Crippen LogP contribution in [0, 0.1) is 17.0 Å². The minimum absolute atomic E-state index is 0.0810. The van der Waals surface area contributed by atoms with E-state index >= 15 is 0 Å². The fourth-order valence-electron chi connectivity index (χ4n) is 2.67. The molecule has 1 aliphatic heterocycles. The van der Waals surface area contributed by atoms with Crippen molar-refractivity contribution in [1.29, 1.82) is 0 Å². The number of nitro benzene ring substituents is 1. The molecule has 0 radical (unpaired) electrons. The molecule has 0 saturated carbocycles. The van der Waals surface area contributed by atoms with Gasteiger partial charge in [0.25, 0.3) is 11.6 Å². The topological polar surface area (TPSA) is 130 Å². The second-order valence-electron chi connectivity index (χ2n) is 6.63. The Balaban J connectivity index is 1.59. The van der Waals surface area contributed by atoms with Gasteiger partial charge in [-0.25, -0.2) is 0 Å². The van der Waals surface area contributed by atoms with E-state index in [1.54, 1.807) is 12.1 Å². The summed E-state index contributed by atoms with van der Waals surface area (Å²) in [5, 5.41) is 18.3. The highest BCUT2D eigenvalue weighted by Crippen LogP contribution is 2.31. The van der Waals surface area contributed by atoms with Crippen molar-refractivity contribution >= 4 is 58.1 Å². The second-order valence-corrected chi connectivity index (χ2v) is 8.28. The predicted octanol–water partition coefficient (Wildman–Crippen LogP) is 3.60. The van der Waals surface area contributed by atoms with E-state index in [0.717, 1.165) is 23.4 Å². The van der Waals surface area contributed by atoms with E-state index in [9.17, 15) is 24.5 Å². The van der Waals surface area contributed by atoms with Gasteiger partial charge in [0.2, 0.25) is 11.8 Å². The number of amides is 3. The van der Waals surface area contributed by atoms with Crippen molar-refractivity contribution in [2.45, 2.75) is 18.6 Å². The Bertz CT molecular complexity index is 1090. The summed E-state index contributed by atoms with van der Waals surface area (Å²) in [6, 6.07) is 10.9. The van der Waals surface area contributed by atoms with Crippen LogP contribution in [-0.2, 0) is 14.4 Å². The van der Waals surface area contributed by atoms with Gasteiger partial charge in [0.1, 0.15) is 0 Å². The Hall–Kier alpha value is -3.37. The molecule has 2 aromatic carbocycles. The third kappa shape index (κ3) is 6.06. The smallest absolute Gasteiger partial charge is 0.271 e. The number of rotatable bonds is 6. The lowest BCUT2D eigenvalue weighted by Crippen LogP contribution is -2.26. The molecule has 3 amide bonds. The maximum atomic E-state index is 12.3. The fraction of sp³-hybridized carbons (Fsp3) is 0.150. The highest BCUT2D eigenvalue weighted by atomic mass is 35.5. The number of carbonyl (C=O) groups is 3. The molecule has 11 heteroatoms.